The molecule has 0 spiro atoms. The van der Waals surface area contributed by atoms with E-state index in [0.717, 1.165) is 25.8 Å². The summed E-state index contributed by atoms with van der Waals surface area (Å²) in [6, 6.07) is 6.00. The first-order chi connectivity index (χ1) is 3.39. The van der Waals surface area contributed by atoms with Crippen LogP contribution in [0.5, 0.6) is 0 Å². The Morgan fingerprint density at radius 1 is 1.43 bits per heavy atom. The second kappa shape index (κ2) is 2.40. The van der Waals surface area contributed by atoms with Gasteiger partial charge in [0.2, 0.25) is 0 Å². The normalized spacial score (nSPS) is 8.86. The maximum atomic E-state index is 4.05. The van der Waals surface area contributed by atoms with Gasteiger partial charge in [-0.25, -0.2) is 0 Å². The molecule has 1 aromatic rings. The zero-order chi connectivity index (χ0) is 5.11. The molecule has 0 atom stereocenters. The van der Waals surface area contributed by atoms with E-state index in [2.05, 4.69) is 4.98 Å². The molecule has 0 aliphatic heterocycles. The summed E-state index contributed by atoms with van der Waals surface area (Å²) in [5.41, 5.74) is 0. The van der Waals surface area contributed by atoms with E-state index in [4.69, 9.17) is 0 Å². The molecule has 31 valence electrons. The Bertz CT molecular complexity index is 138. The SMILES string of the molecule is [Cd][c]1ccccn1. The molecule has 1 heterocycles. The maximum absolute atomic E-state index is 4.05. The average Bonchev–Trinajstić information content (AvgIpc) is 1.69. The number of rotatable bonds is 0. The van der Waals surface area contributed by atoms with Crippen LogP contribution in [0.15, 0.2) is 24.4 Å². The molecule has 0 aliphatic carbocycles. The first kappa shape index (κ1) is 5.21. The predicted molar refractivity (Wildman–Crippen MR) is 23.9 cm³/mol. The summed E-state index contributed by atoms with van der Waals surface area (Å²) in [5, 5.41) is 0. The summed E-state index contributed by atoms with van der Waals surface area (Å²) >= 11 is 0.859. The summed E-state index contributed by atoms with van der Waals surface area (Å²) in [6.07, 6.45) is 1.83. The first-order valence-corrected chi connectivity index (χ1v) is 4.14. The van der Waals surface area contributed by atoms with Crippen LogP contribution in [0.25, 0.3) is 0 Å². The van der Waals surface area contributed by atoms with Crippen molar-refractivity contribution >= 4 is 3.25 Å². The fourth-order valence-corrected chi connectivity index (χ4v) is 1.09. The van der Waals surface area contributed by atoms with Crippen LogP contribution < -0.4 is 3.25 Å². The molecule has 0 unspecified atom stereocenters. The van der Waals surface area contributed by atoms with Gasteiger partial charge in [0.1, 0.15) is 0 Å². The van der Waals surface area contributed by atoms with Crippen molar-refractivity contribution in [1.29, 1.82) is 0 Å². The van der Waals surface area contributed by atoms with Crippen LogP contribution in [0.1, 0.15) is 0 Å². The molecule has 0 bridgehead atoms. The van der Waals surface area contributed by atoms with Gasteiger partial charge in [-0.1, -0.05) is 0 Å². The monoisotopic (exact) mass is 192 g/mol. The van der Waals surface area contributed by atoms with Crippen molar-refractivity contribution in [2.45, 2.75) is 0 Å². The molecule has 0 saturated carbocycles. The van der Waals surface area contributed by atoms with E-state index in [0.29, 0.717) is 0 Å². The van der Waals surface area contributed by atoms with Gasteiger partial charge in [0.15, 0.2) is 0 Å². The summed E-state index contributed by atoms with van der Waals surface area (Å²) in [7, 11) is 0. The van der Waals surface area contributed by atoms with E-state index in [1.54, 1.807) is 0 Å². The van der Waals surface area contributed by atoms with Gasteiger partial charge in [0.05, 0.1) is 0 Å². The van der Waals surface area contributed by atoms with Crippen LogP contribution in [0.3, 0.4) is 0 Å². The van der Waals surface area contributed by atoms with E-state index in [-0.39, 0.29) is 0 Å². The van der Waals surface area contributed by atoms with Gasteiger partial charge in [-0.2, -0.15) is 0 Å². The van der Waals surface area contributed by atoms with Crippen molar-refractivity contribution in [3.63, 3.8) is 0 Å². The molecule has 1 nitrogen and oxygen atoms in total. The number of hydrogen-bond donors (Lipinski definition) is 0. The van der Waals surface area contributed by atoms with Crippen LogP contribution in [0, 0.1) is 0 Å². The fourth-order valence-electron chi connectivity index (χ4n) is 0.398. The molecule has 0 aliphatic rings. The fraction of sp³-hybridized carbons (Fsp3) is 0. The Morgan fingerprint density at radius 2 is 2.29 bits per heavy atom. The van der Waals surface area contributed by atoms with E-state index < -0.39 is 0 Å². The van der Waals surface area contributed by atoms with Crippen LogP contribution in [0.4, 0.5) is 0 Å². The third kappa shape index (κ3) is 1.55. The van der Waals surface area contributed by atoms with Crippen molar-refractivity contribution in [1.82, 2.24) is 4.98 Å². The number of pyridine rings is 1. The molecular formula is C5H4CdN. The zero-order valence-corrected chi connectivity index (χ0v) is 8.00. The first-order valence-electron chi connectivity index (χ1n) is 2.12. The topological polar surface area (TPSA) is 12.9 Å². The third-order valence-corrected chi connectivity index (χ3v) is 1.92. The quantitative estimate of drug-likeness (QED) is 0.535. The Morgan fingerprint density at radius 3 is 2.57 bits per heavy atom. The molecule has 1 rings (SSSR count). The van der Waals surface area contributed by atoms with Crippen molar-refractivity contribution in [3.8, 4) is 0 Å². The van der Waals surface area contributed by atoms with E-state index in [1.165, 1.54) is 3.25 Å². The Balaban J connectivity index is 3.02. The second-order valence-corrected chi connectivity index (χ2v) is 3.39. The van der Waals surface area contributed by atoms with E-state index >= 15 is 0 Å². The summed E-state index contributed by atoms with van der Waals surface area (Å²) in [4.78, 5) is 4.05. The third-order valence-electron chi connectivity index (χ3n) is 0.726. The molecule has 1 aromatic heterocycles. The minimum atomic E-state index is 0.859. The van der Waals surface area contributed by atoms with Gasteiger partial charge in [0.25, 0.3) is 0 Å². The van der Waals surface area contributed by atoms with Gasteiger partial charge in [-0.15, -0.1) is 0 Å². The van der Waals surface area contributed by atoms with Gasteiger partial charge >= 0.3 is 58.4 Å². The van der Waals surface area contributed by atoms with Crippen molar-refractivity contribution in [3.05, 3.63) is 24.4 Å². The van der Waals surface area contributed by atoms with Gasteiger partial charge < -0.3 is 0 Å². The molecular weight excluding hydrogens is 186 g/mol. The molecule has 0 amide bonds. The van der Waals surface area contributed by atoms with Gasteiger partial charge in [-0.3, -0.25) is 0 Å². The van der Waals surface area contributed by atoms with Crippen molar-refractivity contribution in [2.24, 2.45) is 0 Å². The number of aromatic nitrogens is 1. The van der Waals surface area contributed by atoms with Gasteiger partial charge in [-0.05, 0) is 0 Å². The molecule has 0 radical (unpaired) electrons. The van der Waals surface area contributed by atoms with E-state index in [9.17, 15) is 0 Å². The van der Waals surface area contributed by atoms with Gasteiger partial charge in [0, 0.05) is 0 Å². The molecule has 0 fully saturated rings. The summed E-state index contributed by atoms with van der Waals surface area (Å²) < 4.78 is 1.24. The molecule has 0 aromatic carbocycles. The van der Waals surface area contributed by atoms with Crippen LogP contribution in [-0.4, -0.2) is 4.98 Å². The van der Waals surface area contributed by atoms with Crippen molar-refractivity contribution in [2.75, 3.05) is 0 Å². The molecule has 2 heteroatoms. The Labute approximate surface area is 58.5 Å². The van der Waals surface area contributed by atoms with E-state index in [1.807, 2.05) is 24.4 Å². The van der Waals surface area contributed by atoms with Crippen molar-refractivity contribution < 1.29 is 25.8 Å². The van der Waals surface area contributed by atoms with Crippen LogP contribution in [-0.2, 0) is 25.8 Å². The molecule has 0 saturated heterocycles. The van der Waals surface area contributed by atoms with Crippen LogP contribution >= 0.6 is 0 Å². The number of hydrogen-bond acceptors (Lipinski definition) is 1. The predicted octanol–water partition coefficient (Wildman–Crippen LogP) is 0.254. The minimum absolute atomic E-state index is 0.859. The zero-order valence-electron chi connectivity index (χ0n) is 3.96. The average molecular weight is 191 g/mol. The second-order valence-electron chi connectivity index (χ2n) is 1.32. The Kier molecular flexibility index (Phi) is 1.79. The number of nitrogens with zero attached hydrogens (tertiary/aromatic N) is 1. The standard InChI is InChI=1S/C5H4N.Cd/c1-2-4-6-5-3-1;/h1-4H;. The molecule has 0 N–H and O–H groups in total. The Hall–Kier alpha value is 0.0721. The summed E-state index contributed by atoms with van der Waals surface area (Å²) in [6.45, 7) is 0. The van der Waals surface area contributed by atoms with Crippen LogP contribution in [0.2, 0.25) is 0 Å². The summed E-state index contributed by atoms with van der Waals surface area (Å²) in [5.74, 6) is 0. The molecule has 7 heavy (non-hydrogen) atoms.